The Labute approximate surface area is 167 Å². The lowest BCUT2D eigenvalue weighted by atomic mass is 9.49. The van der Waals surface area contributed by atoms with Crippen molar-refractivity contribution in [1.82, 2.24) is 20.0 Å². The average molecular weight is 385 g/mol. The second kappa shape index (κ2) is 7.20. The number of carbonyl (C=O) groups is 2. The molecule has 0 aromatic carbocycles. The van der Waals surface area contributed by atoms with Crippen LogP contribution in [0.25, 0.3) is 0 Å². The molecule has 5 aliphatic rings. The molecule has 6 rings (SSSR count). The fourth-order valence-corrected chi connectivity index (χ4v) is 6.96. The fourth-order valence-electron chi connectivity index (χ4n) is 6.96. The summed E-state index contributed by atoms with van der Waals surface area (Å²) in [7, 11) is 0. The van der Waals surface area contributed by atoms with E-state index < -0.39 is 0 Å². The molecule has 1 aromatic rings. The van der Waals surface area contributed by atoms with E-state index in [9.17, 15) is 9.59 Å². The summed E-state index contributed by atoms with van der Waals surface area (Å²) in [6, 6.07) is 1.65. The first kappa shape index (κ1) is 18.2. The van der Waals surface area contributed by atoms with Crippen LogP contribution in [0.1, 0.15) is 57.8 Å². The van der Waals surface area contributed by atoms with Crippen molar-refractivity contribution >= 4 is 11.8 Å². The maximum atomic E-state index is 13.6. The minimum Gasteiger partial charge on any atom is -0.354 e. The van der Waals surface area contributed by atoms with Crippen molar-refractivity contribution < 1.29 is 9.59 Å². The van der Waals surface area contributed by atoms with Gasteiger partial charge in [-0.25, -0.2) is 0 Å². The smallest absolute Gasteiger partial charge is 0.242 e. The number of aromatic nitrogens is 2. The number of amides is 2. The number of hydrogen-bond donors (Lipinski definition) is 1. The first-order chi connectivity index (χ1) is 13.6. The SMILES string of the molecule is O=C(NCCCn1cccn1)C1CCCN1C(=O)C12CC3CC(CC(C3)C1)C2. The van der Waals surface area contributed by atoms with E-state index in [1.54, 1.807) is 6.20 Å². The number of aryl methyl sites for hydroxylation is 1. The summed E-state index contributed by atoms with van der Waals surface area (Å²) >= 11 is 0. The predicted octanol–water partition coefficient (Wildman–Crippen LogP) is 2.60. The lowest BCUT2D eigenvalue weighted by Gasteiger charge is -2.56. The van der Waals surface area contributed by atoms with Gasteiger partial charge in [-0.05, 0) is 81.6 Å². The zero-order valence-electron chi connectivity index (χ0n) is 16.7. The van der Waals surface area contributed by atoms with Crippen LogP contribution in [0, 0.1) is 23.2 Å². The van der Waals surface area contributed by atoms with Gasteiger partial charge in [0.1, 0.15) is 6.04 Å². The number of nitrogens with one attached hydrogen (secondary N) is 1. The Kier molecular flexibility index (Phi) is 4.68. The first-order valence-corrected chi connectivity index (χ1v) is 11.2. The highest BCUT2D eigenvalue weighted by atomic mass is 16.2. The second-order valence-corrected chi connectivity index (χ2v) is 9.77. The largest absolute Gasteiger partial charge is 0.354 e. The van der Waals surface area contributed by atoms with Crippen LogP contribution >= 0.6 is 0 Å². The number of likely N-dealkylation sites (tertiary alicyclic amines) is 1. The molecule has 1 unspecified atom stereocenters. The summed E-state index contributed by atoms with van der Waals surface area (Å²) in [6.45, 7) is 2.19. The average Bonchev–Trinajstić information content (AvgIpc) is 3.35. The standard InChI is InChI=1S/C22H32N4O2/c27-20(23-5-2-7-25-8-3-6-24-25)19-4-1-9-26(19)21(28)22-13-16-10-17(14-22)12-18(11-16)15-22/h3,6,8,16-19H,1-2,4-5,7,9-15H2,(H,23,27). The molecule has 0 spiro atoms. The zero-order valence-corrected chi connectivity index (χ0v) is 16.7. The van der Waals surface area contributed by atoms with E-state index in [0.29, 0.717) is 12.5 Å². The highest BCUT2D eigenvalue weighted by Gasteiger charge is 2.56. The third-order valence-electron chi connectivity index (χ3n) is 7.73. The molecule has 6 heteroatoms. The van der Waals surface area contributed by atoms with Crippen LogP contribution in [0.2, 0.25) is 0 Å². The highest BCUT2D eigenvalue weighted by molar-refractivity contribution is 5.91. The van der Waals surface area contributed by atoms with Gasteiger partial charge in [0.2, 0.25) is 11.8 Å². The monoisotopic (exact) mass is 384 g/mol. The Hall–Kier alpha value is -1.85. The summed E-state index contributed by atoms with van der Waals surface area (Å²) in [4.78, 5) is 28.4. The fraction of sp³-hybridized carbons (Fsp3) is 0.773. The Morgan fingerprint density at radius 2 is 1.82 bits per heavy atom. The number of rotatable bonds is 6. The van der Waals surface area contributed by atoms with Gasteiger partial charge >= 0.3 is 0 Å². The van der Waals surface area contributed by atoms with E-state index in [-0.39, 0.29) is 17.4 Å². The molecule has 1 aromatic heterocycles. The third-order valence-corrected chi connectivity index (χ3v) is 7.73. The van der Waals surface area contributed by atoms with Gasteiger partial charge in [0.25, 0.3) is 0 Å². The topological polar surface area (TPSA) is 67.2 Å². The molecule has 1 aliphatic heterocycles. The van der Waals surface area contributed by atoms with Gasteiger partial charge in [0.15, 0.2) is 0 Å². The Balaban J connectivity index is 1.19. The minimum atomic E-state index is -0.259. The molecule has 28 heavy (non-hydrogen) atoms. The second-order valence-electron chi connectivity index (χ2n) is 9.77. The maximum Gasteiger partial charge on any atom is 0.242 e. The van der Waals surface area contributed by atoms with E-state index in [4.69, 9.17) is 0 Å². The van der Waals surface area contributed by atoms with E-state index >= 15 is 0 Å². The highest BCUT2D eigenvalue weighted by Crippen LogP contribution is 2.60. The van der Waals surface area contributed by atoms with Crippen molar-refractivity contribution in [2.75, 3.05) is 13.1 Å². The summed E-state index contributed by atoms with van der Waals surface area (Å²) in [6.07, 6.45) is 13.6. The molecule has 6 nitrogen and oxygen atoms in total. The summed E-state index contributed by atoms with van der Waals surface area (Å²) in [5.41, 5.74) is -0.141. The molecular formula is C22H32N4O2. The molecule has 0 radical (unpaired) electrons. The zero-order chi connectivity index (χ0) is 19.1. The lowest BCUT2D eigenvalue weighted by Crippen LogP contribution is -2.57. The number of nitrogens with zero attached hydrogens (tertiary/aromatic N) is 3. The molecule has 5 fully saturated rings. The van der Waals surface area contributed by atoms with Gasteiger partial charge in [0, 0.05) is 32.0 Å². The summed E-state index contributed by atoms with van der Waals surface area (Å²) in [5.74, 6) is 2.61. The van der Waals surface area contributed by atoms with Crippen molar-refractivity contribution in [2.45, 2.75) is 70.4 Å². The normalized spacial score (nSPS) is 36.1. The van der Waals surface area contributed by atoms with Crippen molar-refractivity contribution in [3.05, 3.63) is 18.5 Å². The molecule has 4 bridgehead atoms. The van der Waals surface area contributed by atoms with Crippen LogP contribution in [0.15, 0.2) is 18.5 Å². The maximum absolute atomic E-state index is 13.6. The van der Waals surface area contributed by atoms with Crippen LogP contribution in [0.3, 0.4) is 0 Å². The molecule has 4 saturated carbocycles. The quantitative estimate of drug-likeness (QED) is 0.767. The van der Waals surface area contributed by atoms with Crippen LogP contribution in [-0.2, 0) is 16.1 Å². The van der Waals surface area contributed by atoms with Crippen LogP contribution in [-0.4, -0.2) is 45.6 Å². The molecular weight excluding hydrogens is 352 g/mol. The van der Waals surface area contributed by atoms with E-state index in [1.807, 2.05) is 21.8 Å². The Bertz CT molecular complexity index is 694. The molecule has 2 heterocycles. The van der Waals surface area contributed by atoms with E-state index in [0.717, 1.165) is 69.4 Å². The van der Waals surface area contributed by atoms with Gasteiger partial charge < -0.3 is 10.2 Å². The molecule has 152 valence electrons. The van der Waals surface area contributed by atoms with Gasteiger partial charge in [-0.1, -0.05) is 0 Å². The van der Waals surface area contributed by atoms with Crippen molar-refractivity contribution in [1.29, 1.82) is 0 Å². The lowest BCUT2D eigenvalue weighted by molar-refractivity contribution is -0.160. The van der Waals surface area contributed by atoms with Crippen LogP contribution < -0.4 is 5.32 Å². The Morgan fingerprint density at radius 3 is 2.46 bits per heavy atom. The number of carbonyl (C=O) groups excluding carboxylic acids is 2. The first-order valence-electron chi connectivity index (χ1n) is 11.2. The number of hydrogen-bond acceptors (Lipinski definition) is 3. The van der Waals surface area contributed by atoms with Crippen molar-refractivity contribution in [2.24, 2.45) is 23.2 Å². The van der Waals surface area contributed by atoms with Gasteiger partial charge in [-0.3, -0.25) is 14.3 Å². The van der Waals surface area contributed by atoms with Gasteiger partial charge in [-0.2, -0.15) is 5.10 Å². The van der Waals surface area contributed by atoms with E-state index in [2.05, 4.69) is 10.4 Å². The minimum absolute atomic E-state index is 0.0380. The van der Waals surface area contributed by atoms with Gasteiger partial charge in [-0.15, -0.1) is 0 Å². The molecule has 1 saturated heterocycles. The molecule has 4 aliphatic carbocycles. The predicted molar refractivity (Wildman–Crippen MR) is 105 cm³/mol. The molecule has 1 atom stereocenters. The summed E-state index contributed by atoms with van der Waals surface area (Å²) < 4.78 is 1.88. The van der Waals surface area contributed by atoms with Crippen LogP contribution in [0.4, 0.5) is 0 Å². The van der Waals surface area contributed by atoms with Crippen molar-refractivity contribution in [3.63, 3.8) is 0 Å². The third kappa shape index (κ3) is 3.25. The van der Waals surface area contributed by atoms with E-state index in [1.165, 1.54) is 19.3 Å². The van der Waals surface area contributed by atoms with Crippen LogP contribution in [0.5, 0.6) is 0 Å². The Morgan fingerprint density at radius 1 is 1.11 bits per heavy atom. The van der Waals surface area contributed by atoms with Crippen molar-refractivity contribution in [3.8, 4) is 0 Å². The molecule has 2 amide bonds. The van der Waals surface area contributed by atoms with Gasteiger partial charge in [0.05, 0.1) is 5.41 Å². The molecule has 1 N–H and O–H groups in total. The summed E-state index contributed by atoms with van der Waals surface area (Å²) in [5, 5.41) is 7.26.